The van der Waals surface area contributed by atoms with Crippen molar-refractivity contribution in [2.24, 2.45) is 5.92 Å². The van der Waals surface area contributed by atoms with Gasteiger partial charge in [0.2, 0.25) is 5.88 Å². The molecule has 1 N–H and O–H groups in total. The van der Waals surface area contributed by atoms with Crippen molar-refractivity contribution in [2.75, 3.05) is 18.6 Å². The van der Waals surface area contributed by atoms with Gasteiger partial charge >= 0.3 is 5.97 Å². The van der Waals surface area contributed by atoms with Gasteiger partial charge in [-0.1, -0.05) is 30.3 Å². The number of hydrogen-bond acceptors (Lipinski definition) is 5. The van der Waals surface area contributed by atoms with E-state index in [-0.39, 0.29) is 5.92 Å². The van der Waals surface area contributed by atoms with Crippen LogP contribution < -0.4 is 9.47 Å². The molecule has 0 unspecified atom stereocenters. The number of rotatable bonds is 10. The van der Waals surface area contributed by atoms with Gasteiger partial charge in [0, 0.05) is 17.3 Å². The molecule has 0 atom stereocenters. The van der Waals surface area contributed by atoms with Crippen LogP contribution in [0.15, 0.2) is 54.6 Å². The summed E-state index contributed by atoms with van der Waals surface area (Å²) < 4.78 is 11.8. The number of thioether (sulfide) groups is 1. The average molecular weight is 494 g/mol. The molecule has 0 aliphatic heterocycles. The summed E-state index contributed by atoms with van der Waals surface area (Å²) >= 11 is 1.84. The molecule has 1 fully saturated rings. The monoisotopic (exact) mass is 493 g/mol. The fourth-order valence-electron chi connectivity index (χ4n) is 3.71. The predicted octanol–water partition coefficient (Wildman–Crippen LogP) is 6.87. The topological polar surface area (TPSA) is 68.7 Å². The average Bonchev–Trinajstić information content (AvgIpc) is 3.67. The van der Waals surface area contributed by atoms with Crippen LogP contribution in [0.3, 0.4) is 0 Å². The van der Waals surface area contributed by atoms with E-state index in [9.17, 15) is 4.79 Å². The zero-order valence-corrected chi connectivity index (χ0v) is 21.9. The molecule has 5 nitrogen and oxygen atoms in total. The summed E-state index contributed by atoms with van der Waals surface area (Å²) in [5.74, 6) is 2.10. The first-order valence-electron chi connectivity index (χ1n) is 12.0. The molecular weight excluding hydrogens is 458 g/mol. The molecule has 6 heteroatoms. The van der Waals surface area contributed by atoms with Crippen LogP contribution in [0.1, 0.15) is 41.6 Å². The number of carboxylic acids is 1. The third-order valence-electron chi connectivity index (χ3n) is 5.65. The SMILES string of the molecule is CSCCCOc1cc(C)c(-c2cccc(COc3cccc(C)c3)c2)c(C)n1.O=C(O)C1CC1. The zero-order chi connectivity index (χ0) is 25.2. The highest BCUT2D eigenvalue weighted by Gasteiger charge is 2.28. The second kappa shape index (κ2) is 13.2. The molecule has 0 saturated heterocycles. The Morgan fingerprint density at radius 2 is 1.83 bits per heavy atom. The van der Waals surface area contributed by atoms with Crippen molar-refractivity contribution in [1.29, 1.82) is 0 Å². The number of ether oxygens (including phenoxy) is 2. The minimum atomic E-state index is -0.630. The highest BCUT2D eigenvalue weighted by molar-refractivity contribution is 7.98. The Morgan fingerprint density at radius 1 is 1.06 bits per heavy atom. The van der Waals surface area contributed by atoms with Crippen LogP contribution >= 0.6 is 11.8 Å². The van der Waals surface area contributed by atoms with Crippen molar-refractivity contribution < 1.29 is 19.4 Å². The van der Waals surface area contributed by atoms with Crippen LogP contribution in [-0.2, 0) is 11.4 Å². The highest BCUT2D eigenvalue weighted by Crippen LogP contribution is 2.30. The standard InChI is InChI=1S/C25H29NO2S.C4H6O2/c1-18-8-5-11-23(14-18)28-17-21-9-6-10-22(16-21)25-19(2)15-24(26-20(25)3)27-12-7-13-29-4;5-4(6)3-1-2-3/h5-6,8-11,14-16H,7,12-13,17H2,1-4H3;3H,1-2H2,(H,5,6). The van der Waals surface area contributed by atoms with Crippen LogP contribution in [0.4, 0.5) is 0 Å². The Morgan fingerprint density at radius 3 is 2.46 bits per heavy atom. The van der Waals surface area contributed by atoms with Gasteiger partial charge in [-0.15, -0.1) is 0 Å². The van der Waals surface area contributed by atoms with Gasteiger partial charge in [-0.3, -0.25) is 4.79 Å². The van der Waals surface area contributed by atoms with Crippen molar-refractivity contribution in [3.05, 3.63) is 77.0 Å². The first-order valence-corrected chi connectivity index (χ1v) is 13.4. The van der Waals surface area contributed by atoms with E-state index in [0.29, 0.717) is 19.1 Å². The smallest absolute Gasteiger partial charge is 0.306 e. The van der Waals surface area contributed by atoms with E-state index in [1.54, 1.807) is 0 Å². The van der Waals surface area contributed by atoms with Gasteiger partial charge in [0.1, 0.15) is 12.4 Å². The molecule has 186 valence electrons. The van der Waals surface area contributed by atoms with E-state index < -0.39 is 5.97 Å². The molecule has 1 aromatic heterocycles. The number of aliphatic carboxylic acids is 1. The molecule has 4 rings (SSSR count). The van der Waals surface area contributed by atoms with Crippen LogP contribution in [0.2, 0.25) is 0 Å². The van der Waals surface area contributed by atoms with Crippen molar-refractivity contribution in [1.82, 2.24) is 4.98 Å². The molecule has 0 bridgehead atoms. The lowest BCUT2D eigenvalue weighted by molar-refractivity contribution is -0.138. The number of carboxylic acid groups (broad SMARTS) is 1. The lowest BCUT2D eigenvalue weighted by Gasteiger charge is -2.14. The minimum Gasteiger partial charge on any atom is -0.489 e. The molecule has 1 saturated carbocycles. The van der Waals surface area contributed by atoms with E-state index in [1.165, 1.54) is 16.7 Å². The third kappa shape index (κ3) is 8.62. The highest BCUT2D eigenvalue weighted by atomic mass is 32.2. The Hall–Kier alpha value is -2.99. The number of aryl methyl sites for hydroxylation is 3. The molecule has 1 aliphatic carbocycles. The van der Waals surface area contributed by atoms with E-state index >= 15 is 0 Å². The Bertz CT molecular complexity index is 1100. The summed E-state index contributed by atoms with van der Waals surface area (Å²) in [7, 11) is 0. The van der Waals surface area contributed by atoms with Crippen LogP contribution in [0, 0.1) is 26.7 Å². The Labute approximate surface area is 212 Å². The van der Waals surface area contributed by atoms with Gasteiger partial charge in [0.25, 0.3) is 0 Å². The number of pyridine rings is 1. The lowest BCUT2D eigenvalue weighted by Crippen LogP contribution is -2.03. The molecule has 2 aromatic carbocycles. The van der Waals surface area contributed by atoms with Crippen LogP contribution in [0.25, 0.3) is 11.1 Å². The van der Waals surface area contributed by atoms with Gasteiger partial charge in [-0.25, -0.2) is 4.98 Å². The van der Waals surface area contributed by atoms with Crippen molar-refractivity contribution in [3.8, 4) is 22.8 Å². The number of hydrogen-bond donors (Lipinski definition) is 1. The summed E-state index contributed by atoms with van der Waals surface area (Å²) in [4.78, 5) is 14.4. The van der Waals surface area contributed by atoms with Gasteiger partial charge in [-0.05, 0) is 92.5 Å². The normalized spacial score (nSPS) is 12.5. The number of benzene rings is 2. The molecular formula is C29H35NO4S. The molecule has 0 radical (unpaired) electrons. The van der Waals surface area contributed by atoms with Gasteiger partial charge in [0.05, 0.1) is 12.5 Å². The van der Waals surface area contributed by atoms with Gasteiger partial charge in [0.15, 0.2) is 0 Å². The lowest BCUT2D eigenvalue weighted by atomic mass is 9.98. The zero-order valence-electron chi connectivity index (χ0n) is 21.0. The van der Waals surface area contributed by atoms with Crippen LogP contribution in [-0.4, -0.2) is 34.7 Å². The van der Waals surface area contributed by atoms with Crippen molar-refractivity contribution in [3.63, 3.8) is 0 Å². The number of carbonyl (C=O) groups is 1. The predicted molar refractivity (Wildman–Crippen MR) is 144 cm³/mol. The van der Waals surface area contributed by atoms with Crippen molar-refractivity contribution >= 4 is 17.7 Å². The first kappa shape index (κ1) is 26.6. The molecule has 3 aromatic rings. The molecule has 1 heterocycles. The third-order valence-corrected chi connectivity index (χ3v) is 6.35. The summed E-state index contributed by atoms with van der Waals surface area (Å²) in [6, 6.07) is 18.7. The van der Waals surface area contributed by atoms with E-state index in [0.717, 1.165) is 47.6 Å². The van der Waals surface area contributed by atoms with Gasteiger partial charge < -0.3 is 14.6 Å². The van der Waals surface area contributed by atoms with Crippen LogP contribution in [0.5, 0.6) is 11.6 Å². The fourth-order valence-corrected chi connectivity index (χ4v) is 4.11. The number of aromatic nitrogens is 1. The number of nitrogens with zero attached hydrogens (tertiary/aromatic N) is 1. The molecule has 0 spiro atoms. The quantitative estimate of drug-likeness (QED) is 0.311. The maximum Gasteiger partial charge on any atom is 0.306 e. The summed E-state index contributed by atoms with van der Waals surface area (Å²) in [5, 5.41) is 8.05. The molecule has 0 amide bonds. The largest absolute Gasteiger partial charge is 0.489 e. The van der Waals surface area contributed by atoms with E-state index in [2.05, 4.69) is 61.5 Å². The maximum atomic E-state index is 9.76. The van der Waals surface area contributed by atoms with Gasteiger partial charge in [-0.2, -0.15) is 11.8 Å². The van der Waals surface area contributed by atoms with Crippen molar-refractivity contribution in [2.45, 2.75) is 46.6 Å². The summed E-state index contributed by atoms with van der Waals surface area (Å²) in [6.45, 7) is 7.49. The Balaban J connectivity index is 0.000000497. The minimum absolute atomic E-state index is 0.0185. The summed E-state index contributed by atoms with van der Waals surface area (Å²) in [6.07, 6.45) is 4.94. The first-order chi connectivity index (χ1) is 16.9. The van der Waals surface area contributed by atoms with E-state index in [4.69, 9.17) is 14.6 Å². The van der Waals surface area contributed by atoms with E-state index in [1.807, 2.05) is 36.9 Å². The maximum absolute atomic E-state index is 9.76. The molecule has 1 aliphatic rings. The second-order valence-corrected chi connectivity index (χ2v) is 9.84. The summed E-state index contributed by atoms with van der Waals surface area (Å²) in [5.41, 5.74) is 6.82. The Kier molecular flexibility index (Phi) is 10.0. The molecule has 35 heavy (non-hydrogen) atoms. The second-order valence-electron chi connectivity index (χ2n) is 8.85. The fraction of sp³-hybridized carbons (Fsp3) is 0.379.